The predicted molar refractivity (Wildman–Crippen MR) is 90.0 cm³/mol. The summed E-state index contributed by atoms with van der Waals surface area (Å²) in [6.07, 6.45) is -1.34. The molecule has 1 fully saturated rings. The van der Waals surface area contributed by atoms with Gasteiger partial charge in [0.25, 0.3) is 0 Å². The van der Waals surface area contributed by atoms with E-state index in [0.29, 0.717) is 17.1 Å². The molecule has 8 heteroatoms. The van der Waals surface area contributed by atoms with E-state index < -0.39 is 17.8 Å². The second-order valence-electron chi connectivity index (χ2n) is 5.87. The van der Waals surface area contributed by atoms with Gasteiger partial charge in [0.15, 0.2) is 0 Å². The van der Waals surface area contributed by atoms with E-state index in [1.165, 1.54) is 18.3 Å². The molecule has 2 atom stereocenters. The third kappa shape index (κ3) is 4.37. The van der Waals surface area contributed by atoms with Crippen molar-refractivity contribution in [2.75, 3.05) is 13.1 Å². The Morgan fingerprint density at radius 3 is 2.60 bits per heavy atom. The number of halogens is 5. The average Bonchev–Trinajstić information content (AvgIpc) is 3.07. The molecule has 0 spiro atoms. The van der Waals surface area contributed by atoms with Crippen LogP contribution < -0.4 is 10.1 Å². The van der Waals surface area contributed by atoms with Crippen LogP contribution in [0.4, 0.5) is 13.2 Å². The van der Waals surface area contributed by atoms with Crippen LogP contribution in [-0.4, -0.2) is 18.1 Å². The van der Waals surface area contributed by atoms with Crippen LogP contribution >= 0.6 is 23.2 Å². The molecular weight excluding hydrogens is 376 g/mol. The van der Waals surface area contributed by atoms with Gasteiger partial charge >= 0.3 is 6.18 Å². The summed E-state index contributed by atoms with van der Waals surface area (Å²) >= 11 is 11.7. The van der Waals surface area contributed by atoms with Crippen molar-refractivity contribution in [1.82, 2.24) is 10.3 Å². The highest BCUT2D eigenvalue weighted by Gasteiger charge is 2.37. The number of aromatic nitrogens is 1. The lowest BCUT2D eigenvalue weighted by Gasteiger charge is -2.26. The fraction of sp³-hybridized carbons (Fsp3) is 0.353. The molecule has 1 aliphatic rings. The molecule has 1 N–H and O–H groups in total. The quantitative estimate of drug-likeness (QED) is 0.784. The normalized spacial score (nSPS) is 19.0. The molecule has 134 valence electrons. The number of rotatable bonds is 4. The molecule has 3 nitrogen and oxygen atoms in total. The Hall–Kier alpha value is -1.50. The summed E-state index contributed by atoms with van der Waals surface area (Å²) in [4.78, 5) is 4.03. The zero-order chi connectivity index (χ0) is 18.0. The number of nitrogens with zero attached hydrogens (tertiary/aromatic N) is 1. The Kier molecular flexibility index (Phi) is 5.41. The van der Waals surface area contributed by atoms with Crippen LogP contribution in [0.3, 0.4) is 0 Å². The summed E-state index contributed by atoms with van der Waals surface area (Å²) in [5.74, 6) is -0.245. The second kappa shape index (κ2) is 7.40. The Balaban J connectivity index is 1.99. The fourth-order valence-electron chi connectivity index (χ4n) is 2.92. The Morgan fingerprint density at radius 2 is 1.96 bits per heavy atom. The molecule has 1 aliphatic heterocycles. The van der Waals surface area contributed by atoms with Gasteiger partial charge in [-0.1, -0.05) is 23.2 Å². The third-order valence-corrected chi connectivity index (χ3v) is 4.52. The molecular formula is C17H15Cl2F3N2O. The number of hydrogen-bond acceptors (Lipinski definition) is 3. The Morgan fingerprint density at radius 1 is 1.16 bits per heavy atom. The zero-order valence-electron chi connectivity index (χ0n) is 13.0. The first kappa shape index (κ1) is 18.3. The van der Waals surface area contributed by atoms with Crippen molar-refractivity contribution in [3.05, 3.63) is 57.8 Å². The molecule has 2 aromatic rings. The minimum Gasteiger partial charge on any atom is -0.485 e. The Bertz CT molecular complexity index is 749. The summed E-state index contributed by atoms with van der Waals surface area (Å²) in [5.41, 5.74) is -0.254. The Labute approximate surface area is 153 Å². The molecule has 0 bridgehead atoms. The van der Waals surface area contributed by atoms with E-state index in [1.807, 2.05) is 0 Å². The summed E-state index contributed by atoms with van der Waals surface area (Å²) in [5, 5.41) is 3.61. The van der Waals surface area contributed by atoms with Crippen LogP contribution in [0.5, 0.6) is 5.75 Å². The summed E-state index contributed by atoms with van der Waals surface area (Å²) in [6, 6.07) is 5.17. The summed E-state index contributed by atoms with van der Waals surface area (Å²) in [7, 11) is 0. The minimum absolute atomic E-state index is 0.00294. The molecule has 0 unspecified atom stereocenters. The lowest BCUT2D eigenvalue weighted by Crippen LogP contribution is -2.22. The van der Waals surface area contributed by atoms with Crippen LogP contribution in [0.15, 0.2) is 36.7 Å². The van der Waals surface area contributed by atoms with Gasteiger partial charge in [0.05, 0.1) is 10.6 Å². The van der Waals surface area contributed by atoms with Gasteiger partial charge in [-0.25, -0.2) is 0 Å². The van der Waals surface area contributed by atoms with Crippen molar-refractivity contribution in [3.63, 3.8) is 0 Å². The van der Waals surface area contributed by atoms with Gasteiger partial charge < -0.3 is 10.1 Å². The van der Waals surface area contributed by atoms with E-state index in [2.05, 4.69) is 10.3 Å². The molecule has 0 saturated carbocycles. The average molecular weight is 391 g/mol. The smallest absolute Gasteiger partial charge is 0.420 e. The third-order valence-electron chi connectivity index (χ3n) is 4.08. The number of alkyl halides is 3. The molecule has 0 radical (unpaired) electrons. The van der Waals surface area contributed by atoms with Crippen molar-refractivity contribution < 1.29 is 17.9 Å². The van der Waals surface area contributed by atoms with Gasteiger partial charge in [0, 0.05) is 35.4 Å². The first-order chi connectivity index (χ1) is 11.8. The van der Waals surface area contributed by atoms with E-state index in [-0.39, 0.29) is 16.7 Å². The van der Waals surface area contributed by atoms with Gasteiger partial charge in [0.1, 0.15) is 11.9 Å². The molecule has 1 aromatic carbocycles. The van der Waals surface area contributed by atoms with E-state index in [4.69, 9.17) is 27.9 Å². The molecule has 0 amide bonds. The van der Waals surface area contributed by atoms with Crippen LogP contribution in [0, 0.1) is 5.92 Å². The number of hydrogen-bond donors (Lipinski definition) is 1. The number of ether oxygens (including phenoxy) is 1. The van der Waals surface area contributed by atoms with Crippen LogP contribution in [0.25, 0.3) is 0 Å². The minimum atomic E-state index is -4.56. The second-order valence-corrected chi connectivity index (χ2v) is 6.74. The zero-order valence-corrected chi connectivity index (χ0v) is 14.5. The monoisotopic (exact) mass is 390 g/mol. The molecule has 3 rings (SSSR count). The molecule has 0 aliphatic carbocycles. The summed E-state index contributed by atoms with van der Waals surface area (Å²) in [6.45, 7) is 1.43. The van der Waals surface area contributed by atoms with Gasteiger partial charge in [-0.2, -0.15) is 13.2 Å². The first-order valence-corrected chi connectivity index (χ1v) is 8.45. The predicted octanol–water partition coefficient (Wildman–Crippen LogP) is 5.14. The lowest BCUT2D eigenvalue weighted by molar-refractivity contribution is -0.139. The maximum atomic E-state index is 13.3. The SMILES string of the molecule is FC(F)(F)c1cc(Cl)ccc1O[C@@H](c1cncc(Cl)c1)[C@H]1CCNC1. The van der Waals surface area contributed by atoms with E-state index >= 15 is 0 Å². The van der Waals surface area contributed by atoms with Crippen molar-refractivity contribution in [2.24, 2.45) is 5.92 Å². The van der Waals surface area contributed by atoms with E-state index in [9.17, 15) is 13.2 Å². The maximum Gasteiger partial charge on any atom is 0.420 e. The van der Waals surface area contributed by atoms with Crippen molar-refractivity contribution in [1.29, 1.82) is 0 Å². The van der Waals surface area contributed by atoms with Gasteiger partial charge in [0.2, 0.25) is 0 Å². The van der Waals surface area contributed by atoms with Gasteiger partial charge in [-0.05, 0) is 37.2 Å². The van der Waals surface area contributed by atoms with Gasteiger partial charge in [-0.15, -0.1) is 0 Å². The summed E-state index contributed by atoms with van der Waals surface area (Å²) < 4.78 is 45.8. The largest absolute Gasteiger partial charge is 0.485 e. The van der Waals surface area contributed by atoms with Crippen molar-refractivity contribution >= 4 is 23.2 Å². The molecule has 2 heterocycles. The van der Waals surface area contributed by atoms with E-state index in [1.54, 1.807) is 12.3 Å². The standard InChI is InChI=1S/C17H15Cl2F3N2O/c18-12-1-2-15(14(6-12)17(20,21)22)25-16(10-3-4-23-7-10)11-5-13(19)9-24-8-11/h1-2,5-6,8-10,16,23H,3-4,7H2/t10-,16+/m0/s1. The van der Waals surface area contributed by atoms with Gasteiger partial charge in [-0.3, -0.25) is 4.98 Å². The molecule has 1 aromatic heterocycles. The highest BCUT2D eigenvalue weighted by atomic mass is 35.5. The van der Waals surface area contributed by atoms with Crippen LogP contribution in [-0.2, 0) is 6.18 Å². The number of nitrogens with one attached hydrogen (secondary N) is 1. The highest BCUT2D eigenvalue weighted by molar-refractivity contribution is 6.30. The molecule has 25 heavy (non-hydrogen) atoms. The van der Waals surface area contributed by atoms with E-state index in [0.717, 1.165) is 19.0 Å². The van der Waals surface area contributed by atoms with Crippen LogP contribution in [0.2, 0.25) is 10.0 Å². The number of benzene rings is 1. The first-order valence-electron chi connectivity index (χ1n) is 7.69. The topological polar surface area (TPSA) is 34.1 Å². The van der Waals surface area contributed by atoms with Crippen molar-refractivity contribution in [3.8, 4) is 5.75 Å². The highest BCUT2D eigenvalue weighted by Crippen LogP contribution is 2.41. The maximum absolute atomic E-state index is 13.3. The number of pyridine rings is 1. The lowest BCUT2D eigenvalue weighted by atomic mass is 9.95. The van der Waals surface area contributed by atoms with Crippen LogP contribution in [0.1, 0.15) is 23.7 Å². The molecule has 1 saturated heterocycles. The van der Waals surface area contributed by atoms with Crippen molar-refractivity contribution in [2.45, 2.75) is 18.7 Å². The fourth-order valence-corrected chi connectivity index (χ4v) is 3.27.